The molecule has 1 aliphatic rings. The number of hydrogen-bond donors (Lipinski definition) is 0. The summed E-state index contributed by atoms with van der Waals surface area (Å²) in [6, 6.07) is 22.0. The molecule has 0 N–H and O–H groups in total. The third-order valence-electron chi connectivity index (χ3n) is 4.67. The van der Waals surface area contributed by atoms with E-state index in [0.717, 1.165) is 28.5 Å². The molecule has 1 fully saturated rings. The maximum absolute atomic E-state index is 12.8. The minimum Gasteiger partial charge on any atom is -0.489 e. The van der Waals surface area contributed by atoms with E-state index in [9.17, 15) is 9.59 Å². The van der Waals surface area contributed by atoms with Crippen LogP contribution in [0.1, 0.15) is 16.7 Å². The second-order valence-corrected chi connectivity index (χ2v) is 8.62. The van der Waals surface area contributed by atoms with E-state index < -0.39 is 0 Å². The summed E-state index contributed by atoms with van der Waals surface area (Å²) in [5, 5.41) is 0.849. The molecule has 3 aromatic carbocycles. The average Bonchev–Trinajstić information content (AvgIpc) is 3.02. The van der Waals surface area contributed by atoms with Crippen LogP contribution in [-0.4, -0.2) is 16.0 Å². The van der Waals surface area contributed by atoms with Gasteiger partial charge in [0.2, 0.25) is 0 Å². The first kappa shape index (κ1) is 21.5. The van der Waals surface area contributed by atoms with Crippen molar-refractivity contribution < 1.29 is 14.3 Å². The lowest BCUT2D eigenvalue weighted by atomic mass is 10.2. The van der Waals surface area contributed by atoms with E-state index in [2.05, 4.69) is 0 Å². The first-order valence-electron chi connectivity index (χ1n) is 9.46. The van der Waals surface area contributed by atoms with E-state index >= 15 is 0 Å². The number of amides is 2. The highest BCUT2D eigenvalue weighted by Crippen LogP contribution is 2.34. The fourth-order valence-corrected chi connectivity index (χ4v) is 4.28. The van der Waals surface area contributed by atoms with Gasteiger partial charge in [0.05, 0.1) is 11.4 Å². The van der Waals surface area contributed by atoms with Crippen molar-refractivity contribution in [2.45, 2.75) is 13.2 Å². The minimum atomic E-state index is -0.336. The standard InChI is InChI=1S/C24H17Cl2NO3S/c25-20-10-3-1-7-17(20)14-27-23(28)22(31-24(27)29)13-16-6-5-9-19(12-16)30-15-18-8-2-4-11-21(18)26/h1-13H,14-15H2/b22-13+. The molecule has 0 unspecified atom stereocenters. The summed E-state index contributed by atoms with van der Waals surface area (Å²) in [6.45, 7) is 0.472. The molecule has 3 aromatic rings. The zero-order valence-electron chi connectivity index (χ0n) is 16.3. The Hall–Kier alpha value is -2.73. The highest BCUT2D eigenvalue weighted by molar-refractivity contribution is 8.18. The summed E-state index contributed by atoms with van der Waals surface area (Å²) in [5.74, 6) is 0.307. The molecule has 1 saturated heterocycles. The van der Waals surface area contributed by atoms with Gasteiger partial charge in [-0.3, -0.25) is 14.5 Å². The Morgan fingerprint density at radius 2 is 1.55 bits per heavy atom. The summed E-state index contributed by atoms with van der Waals surface area (Å²) in [4.78, 5) is 26.8. The van der Waals surface area contributed by atoms with Crippen molar-refractivity contribution in [3.05, 3.63) is 104 Å². The number of imide groups is 1. The van der Waals surface area contributed by atoms with Gasteiger partial charge in [-0.2, -0.15) is 0 Å². The molecule has 0 aliphatic carbocycles. The highest BCUT2D eigenvalue weighted by Gasteiger charge is 2.35. The maximum Gasteiger partial charge on any atom is 0.293 e. The molecule has 0 bridgehead atoms. The number of thioether (sulfide) groups is 1. The fourth-order valence-electron chi connectivity index (χ4n) is 3.06. The van der Waals surface area contributed by atoms with Crippen molar-refractivity contribution in [1.82, 2.24) is 4.90 Å². The molecule has 1 aliphatic heterocycles. The van der Waals surface area contributed by atoms with Crippen molar-refractivity contribution in [1.29, 1.82) is 0 Å². The number of rotatable bonds is 6. The van der Waals surface area contributed by atoms with Crippen LogP contribution in [0.5, 0.6) is 5.75 Å². The summed E-state index contributed by atoms with van der Waals surface area (Å²) in [6.07, 6.45) is 1.69. The number of carbonyl (C=O) groups is 2. The Morgan fingerprint density at radius 1 is 0.871 bits per heavy atom. The van der Waals surface area contributed by atoms with Gasteiger partial charge in [-0.05, 0) is 53.2 Å². The lowest BCUT2D eigenvalue weighted by molar-refractivity contribution is -0.123. The summed E-state index contributed by atoms with van der Waals surface area (Å²) < 4.78 is 5.84. The molecule has 0 spiro atoms. The lowest BCUT2D eigenvalue weighted by Gasteiger charge is -2.13. The van der Waals surface area contributed by atoms with E-state index in [1.54, 1.807) is 24.3 Å². The molecular formula is C24H17Cl2NO3S. The SMILES string of the molecule is O=C1S/C(=C/c2cccc(OCc3ccccc3Cl)c2)C(=O)N1Cc1ccccc1Cl. The molecule has 31 heavy (non-hydrogen) atoms. The largest absolute Gasteiger partial charge is 0.489 e. The van der Waals surface area contributed by atoms with Crippen molar-refractivity contribution in [2.75, 3.05) is 0 Å². The smallest absolute Gasteiger partial charge is 0.293 e. The maximum atomic E-state index is 12.8. The van der Waals surface area contributed by atoms with E-state index in [0.29, 0.717) is 27.3 Å². The minimum absolute atomic E-state index is 0.142. The van der Waals surface area contributed by atoms with Gasteiger partial charge in [-0.25, -0.2) is 0 Å². The van der Waals surface area contributed by atoms with Crippen LogP contribution in [-0.2, 0) is 17.9 Å². The van der Waals surface area contributed by atoms with Crippen LogP contribution >= 0.6 is 35.0 Å². The van der Waals surface area contributed by atoms with Gasteiger partial charge in [0.25, 0.3) is 11.1 Å². The van der Waals surface area contributed by atoms with Crippen LogP contribution in [0, 0.1) is 0 Å². The Bertz CT molecular complexity index is 1180. The van der Waals surface area contributed by atoms with E-state index in [1.165, 1.54) is 4.90 Å². The van der Waals surface area contributed by atoms with Gasteiger partial charge in [0.1, 0.15) is 12.4 Å². The van der Waals surface area contributed by atoms with E-state index in [-0.39, 0.29) is 17.7 Å². The van der Waals surface area contributed by atoms with Crippen molar-refractivity contribution in [3.63, 3.8) is 0 Å². The molecule has 2 amide bonds. The summed E-state index contributed by atoms with van der Waals surface area (Å²) in [7, 11) is 0. The zero-order valence-corrected chi connectivity index (χ0v) is 18.6. The second-order valence-electron chi connectivity index (χ2n) is 6.81. The van der Waals surface area contributed by atoms with Crippen LogP contribution in [0.15, 0.2) is 77.7 Å². The van der Waals surface area contributed by atoms with Gasteiger partial charge in [-0.15, -0.1) is 0 Å². The lowest BCUT2D eigenvalue weighted by Crippen LogP contribution is -2.27. The van der Waals surface area contributed by atoms with E-state index in [4.69, 9.17) is 27.9 Å². The average molecular weight is 470 g/mol. The van der Waals surface area contributed by atoms with Crippen LogP contribution in [0.3, 0.4) is 0 Å². The van der Waals surface area contributed by atoms with Crippen LogP contribution in [0.2, 0.25) is 10.0 Å². The van der Waals surface area contributed by atoms with Crippen molar-refractivity contribution in [3.8, 4) is 5.75 Å². The predicted octanol–water partition coefficient (Wildman–Crippen LogP) is 6.81. The molecule has 1 heterocycles. The number of halogens is 2. The number of hydrogen-bond acceptors (Lipinski definition) is 4. The topological polar surface area (TPSA) is 46.6 Å². The van der Waals surface area contributed by atoms with Gasteiger partial charge < -0.3 is 4.74 Å². The van der Waals surface area contributed by atoms with Gasteiger partial charge >= 0.3 is 0 Å². The molecule has 4 rings (SSSR count). The number of nitrogens with zero attached hydrogens (tertiary/aromatic N) is 1. The Labute approximate surface area is 194 Å². The third-order valence-corrected chi connectivity index (χ3v) is 6.31. The Morgan fingerprint density at radius 3 is 2.26 bits per heavy atom. The van der Waals surface area contributed by atoms with Crippen LogP contribution in [0.4, 0.5) is 4.79 Å². The Kier molecular flexibility index (Phi) is 6.66. The molecule has 4 nitrogen and oxygen atoms in total. The quantitative estimate of drug-likeness (QED) is 0.372. The molecule has 0 saturated carbocycles. The monoisotopic (exact) mass is 469 g/mol. The number of benzene rings is 3. The molecule has 7 heteroatoms. The van der Waals surface area contributed by atoms with Gasteiger partial charge in [-0.1, -0.05) is 71.7 Å². The molecular weight excluding hydrogens is 453 g/mol. The summed E-state index contributed by atoms with van der Waals surface area (Å²) >= 11 is 13.3. The third kappa shape index (κ3) is 5.13. The normalized spacial score (nSPS) is 15.0. The van der Waals surface area contributed by atoms with Gasteiger partial charge in [0.15, 0.2) is 0 Å². The van der Waals surface area contributed by atoms with Crippen LogP contribution < -0.4 is 4.74 Å². The Balaban J connectivity index is 1.48. The molecule has 0 radical (unpaired) electrons. The highest BCUT2D eigenvalue weighted by atomic mass is 35.5. The van der Waals surface area contributed by atoms with Crippen LogP contribution in [0.25, 0.3) is 6.08 Å². The second kappa shape index (κ2) is 9.60. The number of ether oxygens (including phenoxy) is 1. The van der Waals surface area contributed by atoms with Gasteiger partial charge in [0, 0.05) is 15.6 Å². The molecule has 0 aromatic heterocycles. The molecule has 156 valence electrons. The first-order valence-corrected chi connectivity index (χ1v) is 11.0. The molecule has 0 atom stereocenters. The van der Waals surface area contributed by atoms with Crippen molar-refractivity contribution in [2.24, 2.45) is 0 Å². The first-order chi connectivity index (χ1) is 15.0. The predicted molar refractivity (Wildman–Crippen MR) is 125 cm³/mol. The van der Waals surface area contributed by atoms with E-state index in [1.807, 2.05) is 54.6 Å². The summed E-state index contributed by atoms with van der Waals surface area (Å²) in [5.41, 5.74) is 2.37. The zero-order chi connectivity index (χ0) is 21.8. The fraction of sp³-hybridized carbons (Fsp3) is 0.0833. The number of carbonyl (C=O) groups excluding carboxylic acids is 2. The van der Waals surface area contributed by atoms with Crippen molar-refractivity contribution >= 4 is 52.2 Å².